The second kappa shape index (κ2) is 2.67. The second-order valence-electron chi connectivity index (χ2n) is 3.37. The van der Waals surface area contributed by atoms with Gasteiger partial charge in [0.05, 0.1) is 11.8 Å². The summed E-state index contributed by atoms with van der Waals surface area (Å²) in [7, 11) is 0. The summed E-state index contributed by atoms with van der Waals surface area (Å²) in [5, 5.41) is 3.64. The van der Waals surface area contributed by atoms with Gasteiger partial charge in [0, 0.05) is 5.56 Å². The van der Waals surface area contributed by atoms with Crippen molar-refractivity contribution in [3.63, 3.8) is 0 Å². The summed E-state index contributed by atoms with van der Waals surface area (Å²) in [4.78, 5) is 0. The molecule has 3 rings (SSSR count). The van der Waals surface area contributed by atoms with Crippen LogP contribution in [0, 0.1) is 0 Å². The molecule has 2 aromatic rings. The van der Waals surface area contributed by atoms with Crippen LogP contribution in [0.3, 0.4) is 0 Å². The highest BCUT2D eigenvalue weighted by Crippen LogP contribution is 2.19. The van der Waals surface area contributed by atoms with E-state index in [1.807, 2.05) is 11.3 Å². The summed E-state index contributed by atoms with van der Waals surface area (Å²) >= 11 is 1.85. The fraction of sp³-hybridized carbons (Fsp3) is 0.182. The molecule has 0 unspecified atom stereocenters. The van der Waals surface area contributed by atoms with E-state index in [9.17, 15) is 0 Å². The van der Waals surface area contributed by atoms with Crippen LogP contribution >= 0.6 is 11.3 Å². The Hall–Kier alpha value is -1.15. The molecule has 0 saturated heterocycles. The lowest BCUT2D eigenvalue weighted by atomic mass is 10.0. The zero-order valence-electron chi connectivity index (χ0n) is 7.23. The summed E-state index contributed by atoms with van der Waals surface area (Å²) < 4.78 is 2.34. The van der Waals surface area contributed by atoms with E-state index in [4.69, 9.17) is 0 Å². The van der Waals surface area contributed by atoms with E-state index in [2.05, 4.69) is 40.4 Å². The van der Waals surface area contributed by atoms with E-state index < -0.39 is 0 Å². The minimum absolute atomic E-state index is 1.05. The van der Waals surface area contributed by atoms with Crippen LogP contribution in [0.1, 0.15) is 16.1 Å². The van der Waals surface area contributed by atoms with Gasteiger partial charge in [0.25, 0.3) is 0 Å². The number of rotatable bonds is 0. The Morgan fingerprint density at radius 1 is 1.15 bits per heavy atom. The topological polar surface area (TPSA) is 3.88 Å². The molecule has 0 atom stereocenters. The van der Waals surface area contributed by atoms with Gasteiger partial charge in [-0.05, 0) is 5.56 Å². The average molecular weight is 188 g/mol. The molecule has 0 radical (unpaired) electrons. The predicted octanol–water partition coefficient (Wildman–Crippen LogP) is 1.99. The summed E-state index contributed by atoms with van der Waals surface area (Å²) in [5.74, 6) is 0. The number of benzene rings is 1. The number of nitrogens with zero attached hydrogens (tertiary/aromatic N) is 1. The third kappa shape index (κ3) is 1.10. The molecule has 1 aliphatic heterocycles. The number of aromatic nitrogens is 1. The van der Waals surface area contributed by atoms with Crippen LogP contribution in [0.2, 0.25) is 0 Å². The molecule has 64 valence electrons. The smallest absolute Gasteiger partial charge is 0.188 e. The molecule has 1 aromatic heterocycles. The summed E-state index contributed by atoms with van der Waals surface area (Å²) in [6, 6.07) is 8.71. The highest BCUT2D eigenvalue weighted by molar-refractivity contribution is 7.09. The fourth-order valence-corrected chi connectivity index (χ4v) is 2.71. The zero-order valence-corrected chi connectivity index (χ0v) is 8.05. The SMILES string of the molecule is c1ccc2c(c1)Cc1scc[n+]1C2. The van der Waals surface area contributed by atoms with Crippen LogP contribution in [-0.2, 0) is 13.0 Å². The Bertz CT molecular complexity index is 405. The molecule has 0 N–H and O–H groups in total. The monoisotopic (exact) mass is 188 g/mol. The van der Waals surface area contributed by atoms with Crippen LogP contribution in [-0.4, -0.2) is 0 Å². The maximum atomic E-state index is 2.34. The molecule has 0 bridgehead atoms. The van der Waals surface area contributed by atoms with Crippen LogP contribution in [0.25, 0.3) is 0 Å². The number of hydrogen-bond acceptors (Lipinski definition) is 1. The average Bonchev–Trinajstić information content (AvgIpc) is 2.61. The van der Waals surface area contributed by atoms with Crippen LogP contribution in [0.15, 0.2) is 35.8 Å². The Balaban J connectivity index is 2.14. The van der Waals surface area contributed by atoms with Crippen molar-refractivity contribution in [1.29, 1.82) is 0 Å². The fourth-order valence-electron chi connectivity index (χ4n) is 1.85. The Morgan fingerprint density at radius 2 is 2.00 bits per heavy atom. The normalized spacial score (nSPS) is 13.5. The van der Waals surface area contributed by atoms with Crippen molar-refractivity contribution in [1.82, 2.24) is 0 Å². The van der Waals surface area contributed by atoms with Gasteiger partial charge in [-0.25, -0.2) is 0 Å². The lowest BCUT2D eigenvalue weighted by molar-refractivity contribution is -0.692. The van der Waals surface area contributed by atoms with Crippen LogP contribution < -0.4 is 4.57 Å². The van der Waals surface area contributed by atoms with Crippen molar-refractivity contribution < 1.29 is 4.57 Å². The van der Waals surface area contributed by atoms with E-state index in [-0.39, 0.29) is 0 Å². The van der Waals surface area contributed by atoms with Gasteiger partial charge in [-0.1, -0.05) is 35.6 Å². The first kappa shape index (κ1) is 7.27. The summed E-state index contributed by atoms with van der Waals surface area (Å²) in [5.41, 5.74) is 2.96. The molecule has 1 aliphatic rings. The van der Waals surface area contributed by atoms with Crippen molar-refractivity contribution >= 4 is 11.3 Å². The number of thiazole rings is 1. The number of hydrogen-bond donors (Lipinski definition) is 0. The molecule has 13 heavy (non-hydrogen) atoms. The van der Waals surface area contributed by atoms with E-state index in [0.717, 1.165) is 13.0 Å². The van der Waals surface area contributed by atoms with E-state index in [1.165, 1.54) is 16.1 Å². The van der Waals surface area contributed by atoms with Gasteiger partial charge in [0.2, 0.25) is 5.01 Å². The largest absolute Gasteiger partial charge is 0.241 e. The van der Waals surface area contributed by atoms with Crippen molar-refractivity contribution in [2.24, 2.45) is 0 Å². The third-order valence-electron chi connectivity index (χ3n) is 2.57. The minimum Gasteiger partial charge on any atom is -0.188 e. The van der Waals surface area contributed by atoms with Gasteiger partial charge < -0.3 is 0 Å². The lowest BCUT2D eigenvalue weighted by Gasteiger charge is -2.10. The molecule has 1 nitrogen and oxygen atoms in total. The van der Waals surface area contributed by atoms with Crippen molar-refractivity contribution in [3.05, 3.63) is 52.0 Å². The summed E-state index contributed by atoms with van der Waals surface area (Å²) in [6.45, 7) is 1.05. The van der Waals surface area contributed by atoms with Gasteiger partial charge in [-0.2, -0.15) is 4.57 Å². The first-order valence-corrected chi connectivity index (χ1v) is 5.34. The van der Waals surface area contributed by atoms with E-state index >= 15 is 0 Å². The molecular weight excluding hydrogens is 178 g/mol. The van der Waals surface area contributed by atoms with E-state index in [1.54, 1.807) is 0 Å². The first-order valence-electron chi connectivity index (χ1n) is 4.46. The first-order chi connectivity index (χ1) is 6.43. The van der Waals surface area contributed by atoms with Crippen molar-refractivity contribution in [2.45, 2.75) is 13.0 Å². The second-order valence-corrected chi connectivity index (χ2v) is 4.35. The third-order valence-corrected chi connectivity index (χ3v) is 3.47. The molecule has 0 spiro atoms. The van der Waals surface area contributed by atoms with E-state index in [0.29, 0.717) is 0 Å². The van der Waals surface area contributed by atoms with Gasteiger partial charge in [-0.3, -0.25) is 0 Å². The maximum Gasteiger partial charge on any atom is 0.241 e. The molecule has 0 aliphatic carbocycles. The quantitative estimate of drug-likeness (QED) is 0.475. The maximum absolute atomic E-state index is 2.34. The lowest BCUT2D eigenvalue weighted by Crippen LogP contribution is -2.39. The van der Waals surface area contributed by atoms with Gasteiger partial charge in [0.1, 0.15) is 0 Å². The zero-order chi connectivity index (χ0) is 8.67. The molecule has 0 fully saturated rings. The highest BCUT2D eigenvalue weighted by Gasteiger charge is 2.21. The molecular formula is C11H10NS+. The van der Waals surface area contributed by atoms with Crippen molar-refractivity contribution in [2.75, 3.05) is 0 Å². The number of fused-ring (bicyclic) bond motifs is 2. The Kier molecular flexibility index (Phi) is 1.49. The van der Waals surface area contributed by atoms with Crippen LogP contribution in [0.5, 0.6) is 0 Å². The summed E-state index contributed by atoms with van der Waals surface area (Å²) in [6.07, 6.45) is 3.28. The molecule has 2 heteroatoms. The van der Waals surface area contributed by atoms with Gasteiger partial charge in [0.15, 0.2) is 12.7 Å². The Labute approximate surface area is 81.3 Å². The van der Waals surface area contributed by atoms with Crippen LogP contribution in [0.4, 0.5) is 0 Å². The predicted molar refractivity (Wildman–Crippen MR) is 52.9 cm³/mol. The molecule has 0 saturated carbocycles. The minimum atomic E-state index is 1.05. The van der Waals surface area contributed by atoms with Gasteiger partial charge >= 0.3 is 0 Å². The van der Waals surface area contributed by atoms with Crippen molar-refractivity contribution in [3.8, 4) is 0 Å². The molecule has 0 amide bonds. The highest BCUT2D eigenvalue weighted by atomic mass is 32.1. The standard InChI is InChI=1S/C11H10NS/c1-2-4-10-8-12-5-6-13-11(12)7-9(10)3-1/h1-6H,7-8H2/q+1. The van der Waals surface area contributed by atoms with Gasteiger partial charge in [-0.15, -0.1) is 0 Å². The Morgan fingerprint density at radius 3 is 2.92 bits per heavy atom. The molecule has 2 heterocycles. The molecule has 1 aromatic carbocycles.